The maximum absolute atomic E-state index is 11.9. The third-order valence-electron chi connectivity index (χ3n) is 3.50. The third kappa shape index (κ3) is 4.94. The van der Waals surface area contributed by atoms with Crippen molar-refractivity contribution < 1.29 is 4.79 Å². The highest BCUT2D eigenvalue weighted by Crippen LogP contribution is 2.22. The molecule has 1 rings (SSSR count). The van der Waals surface area contributed by atoms with E-state index in [1.54, 1.807) is 0 Å². The minimum Gasteiger partial charge on any atom is -0.335 e. The van der Waals surface area contributed by atoms with Gasteiger partial charge in [-0.2, -0.15) is 0 Å². The largest absolute Gasteiger partial charge is 0.335 e. The van der Waals surface area contributed by atoms with Gasteiger partial charge in [0, 0.05) is 12.1 Å². The highest BCUT2D eigenvalue weighted by atomic mass is 16.2. The van der Waals surface area contributed by atoms with E-state index in [0.29, 0.717) is 12.6 Å². The van der Waals surface area contributed by atoms with Gasteiger partial charge in [-0.05, 0) is 31.2 Å². The Hall–Kier alpha value is -0.770. The Bertz CT molecular complexity index is 242. The molecule has 1 saturated carbocycles. The summed E-state index contributed by atoms with van der Waals surface area (Å²) >= 11 is 0. The third-order valence-corrected chi connectivity index (χ3v) is 3.50. The zero-order valence-electron chi connectivity index (χ0n) is 11.4. The van der Waals surface area contributed by atoms with Crippen LogP contribution in [0.1, 0.15) is 52.9 Å². The zero-order valence-corrected chi connectivity index (χ0v) is 11.4. The number of nitrogens with two attached hydrogens (primary N) is 1. The molecule has 4 N–H and O–H groups in total. The van der Waals surface area contributed by atoms with Crippen LogP contribution in [0.4, 0.5) is 4.79 Å². The number of nitrogens with one attached hydrogen (secondary N) is 2. The van der Waals surface area contributed by atoms with Crippen LogP contribution in [0.15, 0.2) is 0 Å². The Morgan fingerprint density at radius 2 is 1.94 bits per heavy atom. The molecule has 1 aliphatic carbocycles. The summed E-state index contributed by atoms with van der Waals surface area (Å²) in [5.74, 6) is 0. The molecule has 17 heavy (non-hydrogen) atoms. The van der Waals surface area contributed by atoms with E-state index in [1.807, 2.05) is 0 Å². The monoisotopic (exact) mass is 241 g/mol. The number of carbonyl (C=O) groups is 1. The average Bonchev–Trinajstić information content (AvgIpc) is 2.68. The van der Waals surface area contributed by atoms with Crippen molar-refractivity contribution in [2.24, 2.45) is 11.1 Å². The van der Waals surface area contributed by atoms with E-state index in [9.17, 15) is 4.79 Å². The van der Waals surface area contributed by atoms with E-state index in [1.165, 1.54) is 12.8 Å². The molecule has 4 heteroatoms. The Morgan fingerprint density at radius 1 is 1.35 bits per heavy atom. The van der Waals surface area contributed by atoms with Crippen molar-refractivity contribution >= 4 is 6.03 Å². The van der Waals surface area contributed by atoms with Crippen molar-refractivity contribution in [2.75, 3.05) is 6.54 Å². The summed E-state index contributed by atoms with van der Waals surface area (Å²) in [5.41, 5.74) is 5.64. The molecule has 1 fully saturated rings. The van der Waals surface area contributed by atoms with Gasteiger partial charge < -0.3 is 16.4 Å². The van der Waals surface area contributed by atoms with Crippen molar-refractivity contribution in [2.45, 2.75) is 65.0 Å². The van der Waals surface area contributed by atoms with Crippen LogP contribution in [-0.4, -0.2) is 24.7 Å². The quantitative estimate of drug-likeness (QED) is 0.704. The van der Waals surface area contributed by atoms with Crippen molar-refractivity contribution in [3.05, 3.63) is 0 Å². The molecule has 1 aliphatic rings. The molecular formula is C13H27N3O. The molecular weight excluding hydrogens is 214 g/mol. The first-order valence-corrected chi connectivity index (χ1v) is 6.70. The molecule has 2 amide bonds. The molecule has 0 bridgehead atoms. The van der Waals surface area contributed by atoms with Gasteiger partial charge in [0.25, 0.3) is 0 Å². The fraction of sp³-hybridized carbons (Fsp3) is 0.923. The molecule has 1 unspecified atom stereocenters. The second-order valence-corrected chi connectivity index (χ2v) is 6.10. The summed E-state index contributed by atoms with van der Waals surface area (Å²) in [5, 5.41) is 6.10. The minimum absolute atomic E-state index is 0.0368. The Morgan fingerprint density at radius 3 is 2.41 bits per heavy atom. The van der Waals surface area contributed by atoms with Crippen molar-refractivity contribution in [3.8, 4) is 0 Å². The number of hydrogen-bond donors (Lipinski definition) is 3. The maximum atomic E-state index is 11.9. The summed E-state index contributed by atoms with van der Waals surface area (Å²) in [4.78, 5) is 11.9. The first-order chi connectivity index (χ1) is 7.93. The topological polar surface area (TPSA) is 67.1 Å². The molecule has 0 aromatic carbocycles. The van der Waals surface area contributed by atoms with Crippen LogP contribution < -0.4 is 16.4 Å². The standard InChI is InChI=1S/C13H27N3O/c1-13(2,3)11(8-9-14)16-12(17)15-10-6-4-5-7-10/h10-11H,4-9,14H2,1-3H3,(H2,15,16,17). The second-order valence-electron chi connectivity index (χ2n) is 6.10. The van der Waals surface area contributed by atoms with Crippen LogP contribution in [0.25, 0.3) is 0 Å². The molecule has 0 saturated heterocycles. The zero-order chi connectivity index (χ0) is 12.9. The van der Waals surface area contributed by atoms with Gasteiger partial charge in [-0.15, -0.1) is 0 Å². The lowest BCUT2D eigenvalue weighted by atomic mass is 9.85. The summed E-state index contributed by atoms with van der Waals surface area (Å²) < 4.78 is 0. The van der Waals surface area contributed by atoms with Gasteiger partial charge in [-0.1, -0.05) is 33.6 Å². The summed E-state index contributed by atoms with van der Waals surface area (Å²) in [6, 6.07) is 0.465. The lowest BCUT2D eigenvalue weighted by Crippen LogP contribution is -2.50. The van der Waals surface area contributed by atoms with Crippen molar-refractivity contribution in [1.82, 2.24) is 10.6 Å². The van der Waals surface area contributed by atoms with Gasteiger partial charge in [-0.3, -0.25) is 0 Å². The fourth-order valence-electron chi connectivity index (χ4n) is 2.34. The van der Waals surface area contributed by atoms with E-state index >= 15 is 0 Å². The molecule has 1 atom stereocenters. The number of rotatable bonds is 4. The van der Waals surface area contributed by atoms with Crippen molar-refractivity contribution in [3.63, 3.8) is 0 Å². The van der Waals surface area contributed by atoms with Gasteiger partial charge >= 0.3 is 6.03 Å². The highest BCUT2D eigenvalue weighted by Gasteiger charge is 2.26. The summed E-state index contributed by atoms with van der Waals surface area (Å²) in [7, 11) is 0. The van der Waals surface area contributed by atoms with E-state index in [4.69, 9.17) is 5.73 Å². The lowest BCUT2D eigenvalue weighted by Gasteiger charge is -2.31. The molecule has 0 heterocycles. The highest BCUT2D eigenvalue weighted by molar-refractivity contribution is 5.74. The molecule has 0 radical (unpaired) electrons. The van der Waals surface area contributed by atoms with E-state index in [-0.39, 0.29) is 17.5 Å². The van der Waals surface area contributed by atoms with Gasteiger partial charge in [0.1, 0.15) is 0 Å². The van der Waals surface area contributed by atoms with Crippen LogP contribution in [0.5, 0.6) is 0 Å². The smallest absolute Gasteiger partial charge is 0.315 e. The van der Waals surface area contributed by atoms with Crippen LogP contribution >= 0.6 is 0 Å². The van der Waals surface area contributed by atoms with E-state index in [2.05, 4.69) is 31.4 Å². The average molecular weight is 241 g/mol. The van der Waals surface area contributed by atoms with E-state index in [0.717, 1.165) is 19.3 Å². The maximum Gasteiger partial charge on any atom is 0.315 e. The van der Waals surface area contributed by atoms with E-state index < -0.39 is 0 Å². The van der Waals surface area contributed by atoms with Crippen LogP contribution in [0.2, 0.25) is 0 Å². The Kier molecular flexibility index (Phi) is 5.25. The Balaban J connectivity index is 2.40. The molecule has 0 spiro atoms. The van der Waals surface area contributed by atoms with Crippen LogP contribution in [0.3, 0.4) is 0 Å². The normalized spacial score (nSPS) is 19.1. The minimum atomic E-state index is -0.0368. The van der Waals surface area contributed by atoms with Crippen LogP contribution in [-0.2, 0) is 0 Å². The number of urea groups is 1. The molecule has 0 aromatic rings. The van der Waals surface area contributed by atoms with Crippen LogP contribution in [0, 0.1) is 5.41 Å². The Labute approximate surface area is 105 Å². The number of carbonyl (C=O) groups excluding carboxylic acids is 1. The number of amides is 2. The van der Waals surface area contributed by atoms with Crippen molar-refractivity contribution in [1.29, 1.82) is 0 Å². The molecule has 4 nitrogen and oxygen atoms in total. The van der Waals surface area contributed by atoms with Gasteiger partial charge in [0.2, 0.25) is 0 Å². The predicted molar refractivity (Wildman–Crippen MR) is 70.8 cm³/mol. The summed E-state index contributed by atoms with van der Waals surface area (Å²) in [6.07, 6.45) is 5.52. The molecule has 0 aliphatic heterocycles. The van der Waals surface area contributed by atoms with Gasteiger partial charge in [-0.25, -0.2) is 4.79 Å². The fourth-order valence-corrected chi connectivity index (χ4v) is 2.34. The SMILES string of the molecule is CC(C)(C)C(CCN)NC(=O)NC1CCCC1. The first kappa shape index (κ1) is 14.3. The predicted octanol–water partition coefficient (Wildman–Crippen LogP) is 1.99. The summed E-state index contributed by atoms with van der Waals surface area (Å²) in [6.45, 7) is 6.99. The first-order valence-electron chi connectivity index (χ1n) is 6.70. The van der Waals surface area contributed by atoms with Gasteiger partial charge in [0.15, 0.2) is 0 Å². The number of hydrogen-bond acceptors (Lipinski definition) is 2. The molecule has 100 valence electrons. The molecule has 0 aromatic heterocycles. The lowest BCUT2D eigenvalue weighted by molar-refractivity contribution is 0.211. The second kappa shape index (κ2) is 6.24. The van der Waals surface area contributed by atoms with Gasteiger partial charge in [0.05, 0.1) is 0 Å².